The van der Waals surface area contributed by atoms with E-state index in [9.17, 15) is 18.0 Å². The summed E-state index contributed by atoms with van der Waals surface area (Å²) in [5.41, 5.74) is 0.504. The van der Waals surface area contributed by atoms with Gasteiger partial charge >= 0.3 is 6.18 Å². The van der Waals surface area contributed by atoms with Crippen molar-refractivity contribution in [3.05, 3.63) is 88.7 Å². The molecule has 0 N–H and O–H groups in total. The molecule has 0 radical (unpaired) electrons. The zero-order valence-corrected chi connectivity index (χ0v) is 17.0. The van der Waals surface area contributed by atoms with Gasteiger partial charge in [-0.1, -0.05) is 72.5 Å². The van der Waals surface area contributed by atoms with Crippen molar-refractivity contribution in [1.82, 2.24) is 4.90 Å². The molecule has 3 nitrogen and oxygen atoms in total. The molecule has 0 aliphatic carbocycles. The van der Waals surface area contributed by atoms with Gasteiger partial charge in [-0.3, -0.25) is 9.69 Å². The van der Waals surface area contributed by atoms with E-state index >= 15 is 0 Å². The van der Waals surface area contributed by atoms with Crippen LogP contribution in [-0.2, 0) is 17.5 Å². The van der Waals surface area contributed by atoms with Gasteiger partial charge in [-0.25, -0.2) is 0 Å². The predicted octanol–water partition coefficient (Wildman–Crippen LogP) is 6.37. The summed E-state index contributed by atoms with van der Waals surface area (Å²) >= 11 is 6.46. The van der Waals surface area contributed by atoms with Crippen LogP contribution in [0.2, 0.25) is 0 Å². The van der Waals surface area contributed by atoms with Crippen molar-refractivity contribution >= 4 is 40.3 Å². The highest BCUT2D eigenvalue weighted by Crippen LogP contribution is 2.38. The van der Waals surface area contributed by atoms with E-state index in [1.54, 1.807) is 0 Å². The molecule has 152 valence electrons. The van der Waals surface area contributed by atoms with E-state index in [-0.39, 0.29) is 22.8 Å². The van der Waals surface area contributed by atoms with Crippen LogP contribution in [0.15, 0.2) is 76.2 Å². The van der Waals surface area contributed by atoms with Gasteiger partial charge in [-0.15, -0.1) is 0 Å². The Hall–Kier alpha value is -2.84. The normalized spacial score (nSPS) is 16.0. The molecule has 0 atom stereocenters. The molecule has 1 fully saturated rings. The molecule has 1 aliphatic rings. The largest absolute Gasteiger partial charge is 0.464 e. The molecule has 8 heteroatoms. The van der Waals surface area contributed by atoms with Crippen LogP contribution in [0.4, 0.5) is 13.2 Å². The minimum absolute atomic E-state index is 0.0185. The number of thioether (sulfide) groups is 1. The third kappa shape index (κ3) is 4.20. The number of hydrogen-bond acceptors (Lipinski definition) is 4. The molecule has 0 unspecified atom stereocenters. The Labute approximate surface area is 180 Å². The Bertz CT molecular complexity index is 1140. The predicted molar refractivity (Wildman–Crippen MR) is 114 cm³/mol. The highest BCUT2D eigenvalue weighted by Gasteiger charge is 2.34. The Morgan fingerprint density at radius 2 is 1.77 bits per heavy atom. The zero-order valence-electron chi connectivity index (χ0n) is 15.3. The molecule has 4 rings (SSSR count). The average Bonchev–Trinajstić information content (AvgIpc) is 3.29. The second-order valence-corrected chi connectivity index (χ2v) is 8.21. The third-order valence-electron chi connectivity index (χ3n) is 4.49. The molecule has 2 aromatic carbocycles. The smallest absolute Gasteiger partial charge is 0.417 e. The minimum atomic E-state index is -4.48. The second kappa shape index (κ2) is 8.12. The van der Waals surface area contributed by atoms with Crippen LogP contribution in [0.5, 0.6) is 0 Å². The van der Waals surface area contributed by atoms with E-state index in [4.69, 9.17) is 16.6 Å². The van der Waals surface area contributed by atoms with E-state index < -0.39 is 11.7 Å². The first-order chi connectivity index (χ1) is 14.3. The SMILES string of the molecule is O=C1/C(=C/c2cc(-c3ccccc3C(F)(F)F)co2)SC(=S)N1Cc1ccccc1. The summed E-state index contributed by atoms with van der Waals surface area (Å²) in [6.45, 7) is 0.352. The lowest BCUT2D eigenvalue weighted by atomic mass is 10.0. The Morgan fingerprint density at radius 3 is 2.50 bits per heavy atom. The summed E-state index contributed by atoms with van der Waals surface area (Å²) in [6, 6.07) is 16.2. The number of carbonyl (C=O) groups is 1. The van der Waals surface area contributed by atoms with Crippen molar-refractivity contribution in [3.63, 3.8) is 0 Å². The number of alkyl halides is 3. The molecule has 1 aliphatic heterocycles. The van der Waals surface area contributed by atoms with Gasteiger partial charge < -0.3 is 4.42 Å². The third-order valence-corrected chi connectivity index (χ3v) is 5.87. The van der Waals surface area contributed by atoms with E-state index in [0.717, 1.165) is 23.4 Å². The Morgan fingerprint density at radius 1 is 1.07 bits per heavy atom. The van der Waals surface area contributed by atoms with Crippen LogP contribution in [0.25, 0.3) is 17.2 Å². The van der Waals surface area contributed by atoms with Crippen LogP contribution in [0.1, 0.15) is 16.9 Å². The van der Waals surface area contributed by atoms with Gasteiger partial charge in [-0.05, 0) is 23.3 Å². The average molecular weight is 445 g/mol. The summed E-state index contributed by atoms with van der Waals surface area (Å²) in [5, 5.41) is 0. The fourth-order valence-corrected chi connectivity index (χ4v) is 4.32. The molecule has 0 bridgehead atoms. The first-order valence-corrected chi connectivity index (χ1v) is 10.1. The maximum Gasteiger partial charge on any atom is 0.417 e. The van der Waals surface area contributed by atoms with Crippen LogP contribution in [0, 0.1) is 0 Å². The molecule has 1 amide bonds. The first-order valence-electron chi connectivity index (χ1n) is 8.87. The Kier molecular flexibility index (Phi) is 5.53. The number of benzene rings is 2. The van der Waals surface area contributed by atoms with Gasteiger partial charge in [0.25, 0.3) is 5.91 Å². The number of rotatable bonds is 4. The number of nitrogens with zero attached hydrogens (tertiary/aromatic N) is 1. The van der Waals surface area contributed by atoms with Crippen molar-refractivity contribution < 1.29 is 22.4 Å². The fraction of sp³-hybridized carbons (Fsp3) is 0.0909. The quantitative estimate of drug-likeness (QED) is 0.345. The Balaban J connectivity index is 1.58. The highest BCUT2D eigenvalue weighted by molar-refractivity contribution is 8.26. The highest BCUT2D eigenvalue weighted by atomic mass is 32.2. The number of thiocarbonyl (C=S) groups is 1. The van der Waals surface area contributed by atoms with Gasteiger partial charge in [0.15, 0.2) is 0 Å². The summed E-state index contributed by atoms with van der Waals surface area (Å²) in [4.78, 5) is 14.6. The summed E-state index contributed by atoms with van der Waals surface area (Å²) in [7, 11) is 0. The maximum absolute atomic E-state index is 13.3. The van der Waals surface area contributed by atoms with Crippen molar-refractivity contribution in [1.29, 1.82) is 0 Å². The van der Waals surface area contributed by atoms with E-state index in [0.29, 0.717) is 15.8 Å². The van der Waals surface area contributed by atoms with Crippen molar-refractivity contribution in [2.75, 3.05) is 0 Å². The lowest BCUT2D eigenvalue weighted by molar-refractivity contribution is -0.137. The number of carbonyl (C=O) groups excluding carboxylic acids is 1. The number of hydrogen-bond donors (Lipinski definition) is 0. The van der Waals surface area contributed by atoms with E-state index in [1.807, 2.05) is 30.3 Å². The topological polar surface area (TPSA) is 33.5 Å². The van der Waals surface area contributed by atoms with Gasteiger partial charge in [0.2, 0.25) is 0 Å². The molecule has 1 saturated heterocycles. The second-order valence-electron chi connectivity index (χ2n) is 6.53. The minimum Gasteiger partial charge on any atom is -0.464 e. The summed E-state index contributed by atoms with van der Waals surface area (Å²) in [6.07, 6.45) is -1.72. The molecule has 1 aromatic heterocycles. The number of halogens is 3. The van der Waals surface area contributed by atoms with Gasteiger partial charge in [0.05, 0.1) is 23.3 Å². The van der Waals surface area contributed by atoms with Gasteiger partial charge in [0.1, 0.15) is 10.1 Å². The molecular formula is C22H14F3NO2S2. The number of amides is 1. The van der Waals surface area contributed by atoms with Crippen LogP contribution in [-0.4, -0.2) is 15.1 Å². The van der Waals surface area contributed by atoms with Crippen LogP contribution >= 0.6 is 24.0 Å². The molecule has 3 aromatic rings. The summed E-state index contributed by atoms with van der Waals surface area (Å²) in [5.74, 6) is 0.0182. The molecule has 0 saturated carbocycles. The maximum atomic E-state index is 13.3. The standard InChI is InChI=1S/C22H14F3NO2S2/c23-22(24,25)18-9-5-4-8-17(18)15-10-16(28-13-15)11-19-20(27)26(21(29)30-19)12-14-6-2-1-3-7-14/h1-11,13H,12H2/b19-11-. The van der Waals surface area contributed by atoms with Crippen molar-refractivity contribution in [2.45, 2.75) is 12.7 Å². The van der Waals surface area contributed by atoms with Crippen LogP contribution in [0.3, 0.4) is 0 Å². The molecule has 2 heterocycles. The fourth-order valence-electron chi connectivity index (χ4n) is 3.08. The van der Waals surface area contributed by atoms with Crippen LogP contribution < -0.4 is 0 Å². The molecule has 30 heavy (non-hydrogen) atoms. The lowest BCUT2D eigenvalue weighted by Gasteiger charge is -2.14. The monoisotopic (exact) mass is 445 g/mol. The zero-order chi connectivity index (χ0) is 21.3. The molecular weight excluding hydrogens is 431 g/mol. The molecule has 0 spiro atoms. The van der Waals surface area contributed by atoms with Gasteiger partial charge in [-0.2, -0.15) is 13.2 Å². The first kappa shape index (κ1) is 20.4. The number of furan rings is 1. The van der Waals surface area contributed by atoms with Crippen molar-refractivity contribution in [2.24, 2.45) is 0 Å². The van der Waals surface area contributed by atoms with E-state index in [1.165, 1.54) is 41.5 Å². The van der Waals surface area contributed by atoms with Gasteiger partial charge in [0, 0.05) is 11.6 Å². The van der Waals surface area contributed by atoms with E-state index in [2.05, 4.69) is 0 Å². The summed E-state index contributed by atoms with van der Waals surface area (Å²) < 4.78 is 45.7. The lowest BCUT2D eigenvalue weighted by Crippen LogP contribution is -2.27. The van der Waals surface area contributed by atoms with Crippen molar-refractivity contribution in [3.8, 4) is 11.1 Å².